The third-order valence-electron chi connectivity index (χ3n) is 5.15. The molecule has 0 amide bonds. The molecule has 2 aliphatic carbocycles. The van der Waals surface area contributed by atoms with Crippen molar-refractivity contribution in [1.82, 2.24) is 0 Å². The second-order valence-electron chi connectivity index (χ2n) is 5.79. The fourth-order valence-corrected chi connectivity index (χ4v) is 4.33. The molecule has 1 saturated heterocycles. The van der Waals surface area contributed by atoms with E-state index < -0.39 is 5.97 Å². The summed E-state index contributed by atoms with van der Waals surface area (Å²) in [6.45, 7) is 2.65. The van der Waals surface area contributed by atoms with E-state index in [0.29, 0.717) is 24.5 Å². The molecule has 3 aliphatic rings. The van der Waals surface area contributed by atoms with Gasteiger partial charge >= 0.3 is 5.97 Å². The standard InChI is InChI=1S/C12H19NO3/c1-2-12-4-7-3-11(6-13,5-8(14)15)9(7)10(12)16-12/h7,9-10H,2-6,13H2,1H3,(H,14,15)/t7-,9-,10?,11+,12?/m0/s1. The Morgan fingerprint density at radius 1 is 1.56 bits per heavy atom. The molecule has 0 aromatic rings. The number of rotatable bonds is 4. The lowest BCUT2D eigenvalue weighted by molar-refractivity contribution is -0.147. The average molecular weight is 225 g/mol. The number of fused-ring (bicyclic) bond motifs is 3. The van der Waals surface area contributed by atoms with Gasteiger partial charge in [0.15, 0.2) is 0 Å². The average Bonchev–Trinajstić information content (AvgIpc) is 2.83. The van der Waals surface area contributed by atoms with Crippen LogP contribution in [0, 0.1) is 17.3 Å². The summed E-state index contributed by atoms with van der Waals surface area (Å²) in [5, 5.41) is 8.99. The van der Waals surface area contributed by atoms with Crippen LogP contribution in [-0.2, 0) is 9.53 Å². The first-order valence-electron chi connectivity index (χ1n) is 6.16. The van der Waals surface area contributed by atoms with Crippen molar-refractivity contribution in [2.75, 3.05) is 6.54 Å². The van der Waals surface area contributed by atoms with E-state index in [1.165, 1.54) is 0 Å². The first kappa shape index (κ1) is 10.5. The van der Waals surface area contributed by atoms with Gasteiger partial charge in [-0.25, -0.2) is 0 Å². The van der Waals surface area contributed by atoms with Crippen LogP contribution in [0.2, 0.25) is 0 Å². The van der Waals surface area contributed by atoms with Crippen molar-refractivity contribution in [1.29, 1.82) is 0 Å². The summed E-state index contributed by atoms with van der Waals surface area (Å²) in [5.74, 6) is 0.355. The molecule has 3 N–H and O–H groups in total. The van der Waals surface area contributed by atoms with E-state index in [2.05, 4.69) is 6.92 Å². The molecule has 2 unspecified atom stereocenters. The minimum atomic E-state index is -0.724. The van der Waals surface area contributed by atoms with E-state index in [9.17, 15) is 4.79 Å². The monoisotopic (exact) mass is 225 g/mol. The number of ether oxygens (including phenoxy) is 1. The first-order chi connectivity index (χ1) is 7.57. The van der Waals surface area contributed by atoms with E-state index in [-0.39, 0.29) is 17.4 Å². The van der Waals surface area contributed by atoms with Gasteiger partial charge in [0.05, 0.1) is 18.1 Å². The molecule has 4 nitrogen and oxygen atoms in total. The summed E-state index contributed by atoms with van der Waals surface area (Å²) in [5.41, 5.74) is 5.75. The van der Waals surface area contributed by atoms with Crippen LogP contribution in [0.3, 0.4) is 0 Å². The summed E-state index contributed by atoms with van der Waals surface area (Å²) in [6.07, 6.45) is 3.68. The molecule has 1 heterocycles. The third-order valence-corrected chi connectivity index (χ3v) is 5.15. The van der Waals surface area contributed by atoms with Crippen molar-refractivity contribution in [2.24, 2.45) is 23.0 Å². The molecule has 2 saturated carbocycles. The fraction of sp³-hybridized carbons (Fsp3) is 0.917. The number of aliphatic carboxylic acids is 1. The Balaban J connectivity index is 1.79. The number of carboxylic acids is 1. The highest BCUT2D eigenvalue weighted by molar-refractivity contribution is 5.68. The molecule has 0 radical (unpaired) electrons. The van der Waals surface area contributed by atoms with Gasteiger partial charge < -0.3 is 15.6 Å². The highest BCUT2D eigenvalue weighted by Crippen LogP contribution is 2.71. The van der Waals surface area contributed by atoms with Crippen LogP contribution in [0.25, 0.3) is 0 Å². The maximum Gasteiger partial charge on any atom is 0.303 e. The topological polar surface area (TPSA) is 75.9 Å². The summed E-state index contributed by atoms with van der Waals surface area (Å²) in [7, 11) is 0. The highest BCUT2D eigenvalue weighted by atomic mass is 16.6. The number of nitrogens with two attached hydrogens (primary N) is 1. The van der Waals surface area contributed by atoms with Crippen molar-refractivity contribution >= 4 is 5.97 Å². The van der Waals surface area contributed by atoms with Gasteiger partial charge in [0.25, 0.3) is 0 Å². The van der Waals surface area contributed by atoms with Crippen LogP contribution in [0.5, 0.6) is 0 Å². The Morgan fingerprint density at radius 3 is 2.88 bits per heavy atom. The predicted molar refractivity (Wildman–Crippen MR) is 57.8 cm³/mol. The van der Waals surface area contributed by atoms with E-state index in [1.54, 1.807) is 0 Å². The van der Waals surface area contributed by atoms with Gasteiger partial charge in [-0.15, -0.1) is 0 Å². The smallest absolute Gasteiger partial charge is 0.303 e. The molecule has 1 aliphatic heterocycles. The van der Waals surface area contributed by atoms with Gasteiger partial charge in [-0.3, -0.25) is 4.79 Å². The van der Waals surface area contributed by atoms with Crippen LogP contribution >= 0.6 is 0 Å². The van der Waals surface area contributed by atoms with Crippen molar-refractivity contribution in [3.63, 3.8) is 0 Å². The molecule has 0 bridgehead atoms. The summed E-state index contributed by atoms with van der Waals surface area (Å²) in [6, 6.07) is 0. The molecule has 16 heavy (non-hydrogen) atoms. The van der Waals surface area contributed by atoms with E-state index >= 15 is 0 Å². The van der Waals surface area contributed by atoms with Crippen LogP contribution < -0.4 is 5.73 Å². The number of carboxylic acid groups (broad SMARTS) is 1. The van der Waals surface area contributed by atoms with Gasteiger partial charge in [0.2, 0.25) is 0 Å². The lowest BCUT2D eigenvalue weighted by Crippen LogP contribution is -2.53. The summed E-state index contributed by atoms with van der Waals surface area (Å²) >= 11 is 0. The number of epoxide rings is 1. The zero-order chi connectivity index (χ0) is 11.6. The molecule has 0 aromatic carbocycles. The first-order valence-corrected chi connectivity index (χ1v) is 6.16. The summed E-state index contributed by atoms with van der Waals surface area (Å²) in [4.78, 5) is 10.9. The summed E-state index contributed by atoms with van der Waals surface area (Å²) < 4.78 is 5.81. The maximum absolute atomic E-state index is 10.9. The Labute approximate surface area is 95.1 Å². The largest absolute Gasteiger partial charge is 0.481 e. The minimum Gasteiger partial charge on any atom is -0.481 e. The van der Waals surface area contributed by atoms with Crippen molar-refractivity contribution in [3.05, 3.63) is 0 Å². The van der Waals surface area contributed by atoms with Crippen LogP contribution in [0.1, 0.15) is 32.6 Å². The SMILES string of the molecule is CCC12C[C@@H]3C[C@](CN)(CC(=O)O)[C@@H]3C1O2. The lowest BCUT2D eigenvalue weighted by atomic mass is 9.53. The number of hydrogen-bond acceptors (Lipinski definition) is 3. The molecule has 90 valence electrons. The highest BCUT2D eigenvalue weighted by Gasteiger charge is 2.75. The zero-order valence-corrected chi connectivity index (χ0v) is 9.61. The molecular formula is C12H19NO3. The van der Waals surface area contributed by atoms with Crippen molar-refractivity contribution in [2.45, 2.75) is 44.3 Å². The molecule has 0 spiro atoms. The van der Waals surface area contributed by atoms with Gasteiger partial charge in [-0.2, -0.15) is 0 Å². The zero-order valence-electron chi connectivity index (χ0n) is 9.61. The van der Waals surface area contributed by atoms with Gasteiger partial charge in [-0.1, -0.05) is 6.92 Å². The molecule has 4 heteroatoms. The normalized spacial score (nSPS) is 52.8. The Hall–Kier alpha value is -0.610. The van der Waals surface area contributed by atoms with Crippen LogP contribution in [0.15, 0.2) is 0 Å². The molecule has 5 atom stereocenters. The molecule has 0 aromatic heterocycles. The van der Waals surface area contributed by atoms with E-state index in [0.717, 1.165) is 19.3 Å². The quantitative estimate of drug-likeness (QED) is 0.700. The molecule has 3 rings (SSSR count). The minimum absolute atomic E-state index is 0.102. The Bertz CT molecular complexity index is 345. The van der Waals surface area contributed by atoms with Crippen molar-refractivity contribution in [3.8, 4) is 0 Å². The van der Waals surface area contributed by atoms with Crippen LogP contribution in [-0.4, -0.2) is 29.3 Å². The maximum atomic E-state index is 10.9. The molecule has 3 fully saturated rings. The van der Waals surface area contributed by atoms with Gasteiger partial charge in [0, 0.05) is 0 Å². The third kappa shape index (κ3) is 1.09. The number of carbonyl (C=O) groups is 1. The van der Waals surface area contributed by atoms with E-state index in [4.69, 9.17) is 15.6 Å². The predicted octanol–water partition coefficient (Wildman–Crippen LogP) is 0.994. The van der Waals surface area contributed by atoms with Crippen molar-refractivity contribution < 1.29 is 14.6 Å². The van der Waals surface area contributed by atoms with Gasteiger partial charge in [0.1, 0.15) is 0 Å². The Kier molecular flexibility index (Phi) is 1.97. The second-order valence-corrected chi connectivity index (χ2v) is 5.79. The van der Waals surface area contributed by atoms with E-state index in [1.807, 2.05) is 0 Å². The Morgan fingerprint density at radius 2 is 2.31 bits per heavy atom. The lowest BCUT2D eigenvalue weighted by Gasteiger charge is -2.52. The fourth-order valence-electron chi connectivity index (χ4n) is 4.33. The van der Waals surface area contributed by atoms with Gasteiger partial charge in [-0.05, 0) is 43.1 Å². The van der Waals surface area contributed by atoms with Crippen LogP contribution in [0.4, 0.5) is 0 Å². The molecular weight excluding hydrogens is 206 g/mol. The second kappa shape index (κ2) is 2.99. The number of hydrogen-bond donors (Lipinski definition) is 2.